The van der Waals surface area contributed by atoms with Gasteiger partial charge in [-0.1, -0.05) is 36.9 Å². The maximum absolute atomic E-state index is 4.70. The number of anilines is 4. The standard InChI is InChI=1S/C23H27N6/c1-6-20(7-2)29(4,5)23-27-21(24-18-13-9-8-10-14-18)26-22(28-23)25-19-15-11-12-17(3)16-19/h6-16H,1H2,2-5H3,(H2,24,25,26,27,28)/q+1. The van der Waals surface area contributed by atoms with Gasteiger partial charge in [0.1, 0.15) is 5.70 Å². The molecule has 0 fully saturated rings. The Morgan fingerprint density at radius 1 is 0.897 bits per heavy atom. The molecule has 2 N–H and O–H groups in total. The van der Waals surface area contributed by atoms with E-state index in [1.54, 1.807) is 0 Å². The van der Waals surface area contributed by atoms with Gasteiger partial charge in [0.05, 0.1) is 14.1 Å². The van der Waals surface area contributed by atoms with Gasteiger partial charge in [0, 0.05) is 11.4 Å². The molecule has 0 saturated carbocycles. The molecule has 0 aliphatic carbocycles. The molecule has 0 bridgehead atoms. The highest BCUT2D eigenvalue weighted by Crippen LogP contribution is 2.26. The van der Waals surface area contributed by atoms with Gasteiger partial charge in [0.25, 0.3) is 0 Å². The van der Waals surface area contributed by atoms with Crippen molar-refractivity contribution in [3.63, 3.8) is 0 Å². The van der Waals surface area contributed by atoms with Crippen molar-refractivity contribution in [3.8, 4) is 0 Å². The number of aryl methyl sites for hydroxylation is 1. The SMILES string of the molecule is C=CC(=CC)[N+](C)(C)c1nc(Nc2ccccc2)nc(Nc2cccc(C)c2)n1. The van der Waals surface area contributed by atoms with E-state index >= 15 is 0 Å². The summed E-state index contributed by atoms with van der Waals surface area (Å²) in [5, 5.41) is 6.57. The molecule has 6 heteroatoms. The highest BCUT2D eigenvalue weighted by molar-refractivity contribution is 5.60. The minimum atomic E-state index is 0.342. The van der Waals surface area contributed by atoms with Gasteiger partial charge in [-0.05, 0) is 55.8 Å². The summed E-state index contributed by atoms with van der Waals surface area (Å²) in [6, 6.07) is 17.9. The van der Waals surface area contributed by atoms with Gasteiger partial charge in [0.2, 0.25) is 11.9 Å². The van der Waals surface area contributed by atoms with Crippen molar-refractivity contribution in [2.45, 2.75) is 13.8 Å². The number of likely N-dealkylation sites (N-methyl/N-ethyl adjacent to an activating group) is 1. The van der Waals surface area contributed by atoms with Crippen LogP contribution in [0.15, 0.2) is 79.0 Å². The smallest absolute Gasteiger partial charge is 0.324 e. The summed E-state index contributed by atoms with van der Waals surface area (Å²) in [7, 11) is 4.05. The van der Waals surface area contributed by atoms with Crippen LogP contribution in [0.3, 0.4) is 0 Å². The summed E-state index contributed by atoms with van der Waals surface area (Å²) in [5.41, 5.74) is 3.98. The fourth-order valence-corrected chi connectivity index (χ4v) is 3.01. The summed E-state index contributed by atoms with van der Waals surface area (Å²) >= 11 is 0. The highest BCUT2D eigenvalue weighted by atomic mass is 15.4. The zero-order chi connectivity index (χ0) is 20.9. The molecule has 29 heavy (non-hydrogen) atoms. The predicted molar refractivity (Wildman–Crippen MR) is 122 cm³/mol. The quantitative estimate of drug-likeness (QED) is 0.424. The van der Waals surface area contributed by atoms with Crippen molar-refractivity contribution in [2.75, 3.05) is 24.7 Å². The maximum Gasteiger partial charge on any atom is 0.340 e. The molecule has 0 aliphatic rings. The fraction of sp³-hybridized carbons (Fsp3) is 0.174. The van der Waals surface area contributed by atoms with Crippen molar-refractivity contribution in [2.24, 2.45) is 0 Å². The Hall–Kier alpha value is -3.51. The molecular weight excluding hydrogens is 360 g/mol. The van der Waals surface area contributed by atoms with Crippen molar-refractivity contribution in [3.05, 3.63) is 84.6 Å². The second kappa shape index (κ2) is 8.67. The molecule has 0 aliphatic heterocycles. The maximum atomic E-state index is 4.70. The normalized spacial score (nSPS) is 11.8. The zero-order valence-electron chi connectivity index (χ0n) is 17.3. The van der Waals surface area contributed by atoms with Gasteiger partial charge in [-0.3, -0.25) is 0 Å². The summed E-state index contributed by atoms with van der Waals surface area (Å²) in [6.45, 7) is 7.96. The molecule has 3 rings (SSSR count). The topological polar surface area (TPSA) is 62.7 Å². The number of aromatic nitrogens is 3. The van der Waals surface area contributed by atoms with Crippen LogP contribution in [-0.2, 0) is 0 Å². The monoisotopic (exact) mass is 387 g/mol. The molecule has 3 aromatic rings. The molecule has 148 valence electrons. The molecule has 1 heterocycles. The van der Waals surface area contributed by atoms with Crippen LogP contribution in [0.1, 0.15) is 12.5 Å². The van der Waals surface area contributed by atoms with Gasteiger partial charge in [-0.2, -0.15) is 4.98 Å². The summed E-state index contributed by atoms with van der Waals surface area (Å²) in [6.07, 6.45) is 3.83. The number of rotatable bonds is 7. The van der Waals surface area contributed by atoms with Crippen LogP contribution in [0, 0.1) is 6.92 Å². The molecule has 0 radical (unpaired) electrons. The van der Waals surface area contributed by atoms with E-state index in [0.29, 0.717) is 22.3 Å². The zero-order valence-corrected chi connectivity index (χ0v) is 17.3. The number of benzene rings is 2. The van der Waals surface area contributed by atoms with Crippen molar-refractivity contribution >= 4 is 29.2 Å². The van der Waals surface area contributed by atoms with Crippen LogP contribution in [0.2, 0.25) is 0 Å². The third-order valence-electron chi connectivity index (χ3n) is 4.58. The Labute approximate surface area is 172 Å². The molecule has 0 saturated heterocycles. The van der Waals surface area contributed by atoms with Crippen LogP contribution in [0.5, 0.6) is 0 Å². The van der Waals surface area contributed by atoms with Gasteiger partial charge in [-0.25, -0.2) is 4.48 Å². The molecule has 2 aromatic carbocycles. The molecule has 0 spiro atoms. The molecule has 0 unspecified atom stereocenters. The van der Waals surface area contributed by atoms with E-state index in [1.807, 2.05) is 75.6 Å². The van der Waals surface area contributed by atoms with Crippen LogP contribution >= 0.6 is 0 Å². The first kappa shape index (κ1) is 20.2. The summed E-state index contributed by atoms with van der Waals surface area (Å²) in [5.74, 6) is 1.55. The largest absolute Gasteiger partial charge is 0.340 e. The predicted octanol–water partition coefficient (Wildman–Crippen LogP) is 5.32. The summed E-state index contributed by atoms with van der Waals surface area (Å²) < 4.78 is 0.342. The Balaban J connectivity index is 2.05. The number of nitrogens with one attached hydrogen (secondary N) is 2. The van der Waals surface area contributed by atoms with Crippen molar-refractivity contribution in [1.29, 1.82) is 0 Å². The number of nitrogens with zero attached hydrogens (tertiary/aromatic N) is 4. The lowest BCUT2D eigenvalue weighted by molar-refractivity contribution is 0.479. The second-order valence-corrected chi connectivity index (χ2v) is 7.14. The lowest BCUT2D eigenvalue weighted by Gasteiger charge is -2.27. The van der Waals surface area contributed by atoms with Crippen molar-refractivity contribution in [1.82, 2.24) is 19.4 Å². The molecule has 1 aromatic heterocycles. The first-order chi connectivity index (χ1) is 13.9. The summed E-state index contributed by atoms with van der Waals surface area (Å²) in [4.78, 5) is 14.0. The first-order valence-electron chi connectivity index (χ1n) is 9.48. The van der Waals surface area contributed by atoms with E-state index in [9.17, 15) is 0 Å². The Morgan fingerprint density at radius 3 is 2.10 bits per heavy atom. The minimum absolute atomic E-state index is 0.342. The Kier molecular flexibility index (Phi) is 6.04. The minimum Gasteiger partial charge on any atom is -0.324 e. The van der Waals surface area contributed by atoms with Crippen LogP contribution in [0.25, 0.3) is 0 Å². The molecule has 0 atom stereocenters. The van der Waals surface area contributed by atoms with E-state index in [4.69, 9.17) is 4.98 Å². The van der Waals surface area contributed by atoms with Gasteiger partial charge in [-0.15, -0.1) is 9.97 Å². The molecule has 0 amide bonds. The average molecular weight is 388 g/mol. The van der Waals surface area contributed by atoms with Crippen LogP contribution in [-0.4, -0.2) is 29.0 Å². The Morgan fingerprint density at radius 2 is 1.52 bits per heavy atom. The highest BCUT2D eigenvalue weighted by Gasteiger charge is 2.28. The van der Waals surface area contributed by atoms with E-state index in [1.165, 1.54) is 0 Å². The van der Waals surface area contributed by atoms with E-state index in [-0.39, 0.29) is 0 Å². The van der Waals surface area contributed by atoms with Gasteiger partial charge in [0.15, 0.2) is 0 Å². The molecule has 6 nitrogen and oxygen atoms in total. The Bertz CT molecular complexity index is 1020. The lowest BCUT2D eigenvalue weighted by Crippen LogP contribution is -2.40. The van der Waals surface area contributed by atoms with E-state index in [0.717, 1.165) is 22.6 Å². The van der Waals surface area contributed by atoms with Gasteiger partial charge >= 0.3 is 5.95 Å². The number of hydrogen-bond acceptors (Lipinski definition) is 5. The number of para-hydroxylation sites is 1. The third kappa shape index (κ3) is 4.86. The van der Waals surface area contributed by atoms with Crippen molar-refractivity contribution < 1.29 is 0 Å². The van der Waals surface area contributed by atoms with E-state index < -0.39 is 0 Å². The van der Waals surface area contributed by atoms with Gasteiger partial charge < -0.3 is 10.6 Å². The van der Waals surface area contributed by atoms with E-state index in [2.05, 4.69) is 46.2 Å². The third-order valence-corrected chi connectivity index (χ3v) is 4.58. The number of allylic oxidation sites excluding steroid dienone is 2. The van der Waals surface area contributed by atoms with Crippen LogP contribution in [0.4, 0.5) is 29.2 Å². The lowest BCUT2D eigenvalue weighted by atomic mass is 10.2. The first-order valence-corrected chi connectivity index (χ1v) is 9.48. The molecular formula is C23H27N6+. The van der Waals surface area contributed by atoms with Crippen LogP contribution < -0.4 is 15.1 Å². The average Bonchev–Trinajstić information content (AvgIpc) is 2.69. The number of quaternary nitrogens is 1. The fourth-order valence-electron chi connectivity index (χ4n) is 3.01. The second-order valence-electron chi connectivity index (χ2n) is 7.14. The number of hydrogen-bond donors (Lipinski definition) is 2.